The van der Waals surface area contributed by atoms with Crippen LogP contribution in [0.1, 0.15) is 11.1 Å². The number of hydrogen-bond acceptors (Lipinski definition) is 13. The van der Waals surface area contributed by atoms with Crippen LogP contribution in [0.2, 0.25) is 0 Å². The summed E-state index contributed by atoms with van der Waals surface area (Å²) in [6.45, 7) is 0. The zero-order valence-electron chi connectivity index (χ0n) is 32.9. The molecule has 6 aromatic rings. The van der Waals surface area contributed by atoms with Crippen molar-refractivity contribution in [1.82, 2.24) is 0 Å². The number of rotatable bonds is 3. The van der Waals surface area contributed by atoms with E-state index in [1.54, 1.807) is 12.1 Å². The Hall–Kier alpha value is -4.84. The number of aromatic hydroxyl groups is 1. The summed E-state index contributed by atoms with van der Waals surface area (Å²) in [7, 11) is -13.9. The van der Waals surface area contributed by atoms with Crippen molar-refractivity contribution >= 4 is 63.5 Å². The van der Waals surface area contributed by atoms with Gasteiger partial charge in [-0.25, -0.2) is 30.7 Å². The maximum atomic E-state index is 14.0. The first kappa shape index (κ1) is 66.2. The molecule has 0 aliphatic heterocycles. The molecule has 0 unspecified atom stereocenters. The summed E-state index contributed by atoms with van der Waals surface area (Å²) < 4.78 is 303. The van der Waals surface area contributed by atoms with E-state index in [2.05, 4.69) is 12.1 Å². The first-order valence-corrected chi connectivity index (χ1v) is 20.0. The van der Waals surface area contributed by atoms with Gasteiger partial charge in [-0.2, -0.15) is 79.9 Å². The van der Waals surface area contributed by atoms with E-state index in [1.807, 2.05) is 18.2 Å². The molecule has 364 valence electrons. The SMILES string of the molecule is Fc1c(F)c(F)c(C(F)(F)F)c(F)c1F.O=S(=O)(O)c1ccc2c(Oc3c(F)c(F)c(C(F)(F)F)c(F)c3F)cccc2c1.O=S(=O)=O.O=S(=O)=O.O=S(=O)=O.Oc1c[c-]cc2c[c-]ccc12.[Na+].[Na+]. The number of hydrogen-bond donors (Lipinski definition) is 2. The molecular weight excluding hydrogens is 1090 g/mol. The molecule has 69 heavy (non-hydrogen) atoms. The van der Waals surface area contributed by atoms with Crippen LogP contribution in [0.15, 0.2) is 71.6 Å². The van der Waals surface area contributed by atoms with Gasteiger partial charge in [0.15, 0.2) is 34.9 Å². The molecule has 0 aromatic heterocycles. The van der Waals surface area contributed by atoms with Gasteiger partial charge in [-0.1, -0.05) is 12.1 Å². The van der Waals surface area contributed by atoms with Crippen molar-refractivity contribution in [3.05, 3.63) is 142 Å². The first-order valence-electron chi connectivity index (χ1n) is 15.6. The molecule has 0 saturated heterocycles. The Bertz CT molecular complexity index is 3130. The van der Waals surface area contributed by atoms with Gasteiger partial charge >= 0.3 is 103 Å². The fraction of sp³-hybridized carbons (Fsp3) is 0.0588. The molecule has 6 rings (SSSR count). The first-order chi connectivity index (χ1) is 30.6. The molecule has 0 aliphatic carbocycles. The van der Waals surface area contributed by atoms with E-state index >= 15 is 0 Å². The molecule has 0 saturated carbocycles. The van der Waals surface area contributed by atoms with Gasteiger partial charge in [0.05, 0.1) is 4.90 Å². The van der Waals surface area contributed by atoms with Gasteiger partial charge in [0.2, 0.25) is 23.2 Å². The number of halogens is 15. The number of phenols is 1. The normalized spacial score (nSPS) is 10.5. The predicted molar refractivity (Wildman–Crippen MR) is 189 cm³/mol. The van der Waals surface area contributed by atoms with Crippen LogP contribution in [0.25, 0.3) is 21.5 Å². The van der Waals surface area contributed by atoms with Gasteiger partial charge in [-0.3, -0.25) is 4.55 Å². The van der Waals surface area contributed by atoms with Crippen molar-refractivity contribution in [2.24, 2.45) is 0 Å². The largest absolute Gasteiger partial charge is 1.00 e. The Balaban J connectivity index is 0. The minimum Gasteiger partial charge on any atom is -0.566 e. The van der Waals surface area contributed by atoms with Crippen molar-refractivity contribution in [2.75, 3.05) is 0 Å². The Morgan fingerprint density at radius 3 is 1.29 bits per heavy atom. The molecule has 0 fully saturated rings. The predicted octanol–water partition coefficient (Wildman–Crippen LogP) is 2.00. The van der Waals surface area contributed by atoms with Crippen molar-refractivity contribution < 1.29 is 186 Å². The number of phenolic OH excluding ortho intramolecular Hbond substituents is 1. The third-order valence-corrected chi connectivity index (χ3v) is 7.80. The zero-order chi connectivity index (χ0) is 52.1. The van der Waals surface area contributed by atoms with E-state index < -0.39 is 134 Å². The summed E-state index contributed by atoms with van der Waals surface area (Å²) in [5.74, 6) is -25.7. The van der Waals surface area contributed by atoms with Gasteiger partial charge < -0.3 is 9.84 Å². The minimum atomic E-state index is -5.69. The third kappa shape index (κ3) is 19.8. The molecule has 0 aliphatic rings. The summed E-state index contributed by atoms with van der Waals surface area (Å²) in [6, 6.07) is 21.1. The summed E-state index contributed by atoms with van der Waals surface area (Å²) in [5, 5.41) is 11.2. The van der Waals surface area contributed by atoms with Crippen LogP contribution < -0.4 is 63.9 Å². The molecular formula is C34H13F15Na2O14S4. The average molecular weight is 1100 g/mol. The summed E-state index contributed by atoms with van der Waals surface area (Å²) in [6.07, 6.45) is -11.3. The van der Waals surface area contributed by atoms with Gasteiger partial charge in [-0.15, -0.1) is 54.7 Å². The maximum absolute atomic E-state index is 14.0. The molecule has 0 heterocycles. The Morgan fingerprint density at radius 1 is 0.507 bits per heavy atom. The summed E-state index contributed by atoms with van der Waals surface area (Å²) in [4.78, 5) is -0.522. The van der Waals surface area contributed by atoms with Crippen LogP contribution in [0.5, 0.6) is 17.2 Å². The fourth-order valence-corrected chi connectivity index (χ4v) is 5.00. The smallest absolute Gasteiger partial charge is 0.566 e. The monoisotopic (exact) mass is 1100 g/mol. The van der Waals surface area contributed by atoms with E-state index in [4.69, 9.17) is 47.2 Å². The van der Waals surface area contributed by atoms with E-state index in [-0.39, 0.29) is 75.6 Å². The second-order valence-electron chi connectivity index (χ2n) is 11.1. The number of benzene rings is 6. The van der Waals surface area contributed by atoms with Gasteiger partial charge in [0.1, 0.15) is 16.9 Å². The molecule has 0 amide bonds. The van der Waals surface area contributed by atoms with E-state index in [1.165, 1.54) is 12.1 Å². The molecule has 0 spiro atoms. The quantitative estimate of drug-likeness (QED) is 0.0645. The van der Waals surface area contributed by atoms with Crippen LogP contribution in [0.4, 0.5) is 65.9 Å². The van der Waals surface area contributed by atoms with Crippen molar-refractivity contribution in [2.45, 2.75) is 17.2 Å². The van der Waals surface area contributed by atoms with Gasteiger partial charge in [-0.05, 0) is 35.4 Å². The molecule has 14 nitrogen and oxygen atoms in total. The second-order valence-corrected chi connectivity index (χ2v) is 13.7. The zero-order valence-corrected chi connectivity index (χ0v) is 40.2. The molecule has 0 bridgehead atoms. The fourth-order valence-electron chi connectivity index (χ4n) is 4.48. The van der Waals surface area contributed by atoms with E-state index in [0.29, 0.717) is 0 Å². The van der Waals surface area contributed by atoms with Crippen molar-refractivity contribution in [3.63, 3.8) is 0 Å². The Kier molecular flexibility index (Phi) is 27.0. The molecule has 35 heteroatoms. The minimum absolute atomic E-state index is 0. The maximum Gasteiger partial charge on any atom is 1.00 e. The number of alkyl halides is 6. The van der Waals surface area contributed by atoms with Gasteiger partial charge in [0, 0.05) is 5.39 Å². The van der Waals surface area contributed by atoms with Gasteiger partial charge in [0.25, 0.3) is 10.1 Å². The van der Waals surface area contributed by atoms with Crippen molar-refractivity contribution in [3.8, 4) is 17.2 Å². The molecule has 0 radical (unpaired) electrons. The van der Waals surface area contributed by atoms with Crippen LogP contribution in [0, 0.1) is 64.5 Å². The summed E-state index contributed by atoms with van der Waals surface area (Å²) >= 11 is 0. The van der Waals surface area contributed by atoms with E-state index in [0.717, 1.165) is 35.0 Å². The van der Waals surface area contributed by atoms with Crippen LogP contribution in [0.3, 0.4) is 0 Å². The standard InChI is InChI=1S/C17H7F7O4S.C10H6O.C7F8.2Na.3O3S/c18-12-11(17(22,23)24)13(19)15(21)16(14(12)20)28-10-3-1-2-7-6-8(29(25,26)27)4-5-9(7)10;11-10-7-3-5-8-4-1-2-6-9(8)10;8-2-1(7(13,14)15)3(9)5(11)6(12)4(2)10;;;3*1-4(2)3/h1-6H,(H,25,26,27);2,4-7,11H;;;;;;/q;-2;;2*+1;;;. The number of ether oxygens (including phenoxy) is 1. The molecule has 2 N–H and O–H groups in total. The second kappa shape index (κ2) is 28.1. The van der Waals surface area contributed by atoms with Crippen LogP contribution in [-0.4, -0.2) is 56.0 Å². The molecule has 6 aromatic carbocycles. The average Bonchev–Trinajstić information content (AvgIpc) is 3.19. The van der Waals surface area contributed by atoms with E-state index in [9.17, 15) is 79.4 Å². The Morgan fingerprint density at radius 2 is 0.899 bits per heavy atom. The summed E-state index contributed by atoms with van der Waals surface area (Å²) in [5.41, 5.74) is -5.53. The topological polar surface area (TPSA) is 237 Å². The number of fused-ring (bicyclic) bond motifs is 2. The Labute approximate surface area is 422 Å². The van der Waals surface area contributed by atoms with Crippen LogP contribution in [-0.2, 0) is 54.3 Å². The van der Waals surface area contributed by atoms with Crippen LogP contribution >= 0.6 is 0 Å². The third-order valence-electron chi connectivity index (χ3n) is 6.95. The molecule has 0 atom stereocenters. The van der Waals surface area contributed by atoms with Crippen molar-refractivity contribution in [1.29, 1.82) is 0 Å².